The number of pyridine rings is 1. The van der Waals surface area contributed by atoms with Gasteiger partial charge in [0.15, 0.2) is 0 Å². The summed E-state index contributed by atoms with van der Waals surface area (Å²) in [5.41, 5.74) is 6.01. The summed E-state index contributed by atoms with van der Waals surface area (Å²) < 4.78 is 0. The van der Waals surface area contributed by atoms with Crippen LogP contribution in [0.3, 0.4) is 0 Å². The zero-order valence-corrected chi connectivity index (χ0v) is 9.61. The molecule has 2 heterocycles. The Kier molecular flexibility index (Phi) is 3.08. The number of piperidine rings is 1. The van der Waals surface area contributed by atoms with E-state index >= 15 is 0 Å². The first-order chi connectivity index (χ1) is 7.66. The largest absolute Gasteiger partial charge is 0.382 e. The molecule has 86 valence electrons. The molecule has 0 amide bonds. The second-order valence-electron chi connectivity index (χ2n) is 4.49. The van der Waals surface area contributed by atoms with Crippen LogP contribution >= 0.6 is 0 Å². The zero-order valence-electron chi connectivity index (χ0n) is 9.61. The SMILES string of the molecule is CC1CCCN(c2cccc(C(=N)N)n2)C1. The highest BCUT2D eigenvalue weighted by atomic mass is 15.2. The van der Waals surface area contributed by atoms with Gasteiger partial charge in [-0.25, -0.2) is 4.98 Å². The molecule has 1 aliphatic rings. The Morgan fingerprint density at radius 2 is 2.38 bits per heavy atom. The molecule has 4 nitrogen and oxygen atoms in total. The molecule has 1 aliphatic heterocycles. The van der Waals surface area contributed by atoms with Gasteiger partial charge in [0.25, 0.3) is 0 Å². The van der Waals surface area contributed by atoms with Crippen molar-refractivity contribution < 1.29 is 0 Å². The van der Waals surface area contributed by atoms with Crippen molar-refractivity contribution in [3.05, 3.63) is 23.9 Å². The monoisotopic (exact) mass is 218 g/mol. The maximum atomic E-state index is 7.38. The molecule has 1 aromatic rings. The molecule has 0 aliphatic carbocycles. The number of anilines is 1. The lowest BCUT2D eigenvalue weighted by molar-refractivity contribution is 0.444. The van der Waals surface area contributed by atoms with Gasteiger partial charge in [-0.1, -0.05) is 13.0 Å². The number of rotatable bonds is 2. The van der Waals surface area contributed by atoms with Crippen LogP contribution in [0.2, 0.25) is 0 Å². The first kappa shape index (κ1) is 10.9. The third-order valence-corrected chi connectivity index (χ3v) is 2.99. The minimum atomic E-state index is 0.0342. The van der Waals surface area contributed by atoms with Crippen LogP contribution < -0.4 is 10.6 Å². The molecule has 2 rings (SSSR count). The lowest BCUT2D eigenvalue weighted by Gasteiger charge is -2.31. The van der Waals surface area contributed by atoms with Crippen LogP contribution in [0.4, 0.5) is 5.82 Å². The van der Waals surface area contributed by atoms with Crippen molar-refractivity contribution in [2.45, 2.75) is 19.8 Å². The predicted molar refractivity (Wildman–Crippen MR) is 65.9 cm³/mol. The summed E-state index contributed by atoms with van der Waals surface area (Å²) in [5, 5.41) is 7.38. The Morgan fingerprint density at radius 3 is 3.06 bits per heavy atom. The van der Waals surface area contributed by atoms with Crippen LogP contribution in [-0.4, -0.2) is 23.9 Å². The summed E-state index contributed by atoms with van der Waals surface area (Å²) >= 11 is 0. The van der Waals surface area contributed by atoms with E-state index in [4.69, 9.17) is 11.1 Å². The van der Waals surface area contributed by atoms with Crippen LogP contribution in [0.1, 0.15) is 25.5 Å². The third kappa shape index (κ3) is 2.32. The normalized spacial score (nSPS) is 20.8. The second kappa shape index (κ2) is 4.51. The van der Waals surface area contributed by atoms with Gasteiger partial charge in [-0.15, -0.1) is 0 Å². The Bertz CT molecular complexity index is 388. The van der Waals surface area contributed by atoms with Crippen molar-refractivity contribution in [2.24, 2.45) is 11.7 Å². The highest BCUT2D eigenvalue weighted by Gasteiger charge is 2.17. The van der Waals surface area contributed by atoms with Crippen molar-refractivity contribution in [1.82, 2.24) is 4.98 Å². The molecule has 16 heavy (non-hydrogen) atoms. The van der Waals surface area contributed by atoms with Gasteiger partial charge in [0.1, 0.15) is 17.3 Å². The lowest BCUT2D eigenvalue weighted by Crippen LogP contribution is -2.35. The van der Waals surface area contributed by atoms with Crippen LogP contribution in [-0.2, 0) is 0 Å². The number of hydrogen-bond donors (Lipinski definition) is 2. The van der Waals surface area contributed by atoms with Crippen molar-refractivity contribution in [1.29, 1.82) is 5.41 Å². The average molecular weight is 218 g/mol. The molecule has 1 aromatic heterocycles. The van der Waals surface area contributed by atoms with Gasteiger partial charge >= 0.3 is 0 Å². The summed E-state index contributed by atoms with van der Waals surface area (Å²) in [5.74, 6) is 1.70. The average Bonchev–Trinajstić information content (AvgIpc) is 2.29. The van der Waals surface area contributed by atoms with E-state index in [2.05, 4.69) is 16.8 Å². The second-order valence-corrected chi connectivity index (χ2v) is 4.49. The molecular weight excluding hydrogens is 200 g/mol. The minimum absolute atomic E-state index is 0.0342. The maximum Gasteiger partial charge on any atom is 0.141 e. The van der Waals surface area contributed by atoms with E-state index in [0.29, 0.717) is 5.69 Å². The van der Waals surface area contributed by atoms with Gasteiger partial charge in [-0.05, 0) is 30.9 Å². The molecule has 1 atom stereocenters. The number of nitrogens with one attached hydrogen (secondary N) is 1. The summed E-state index contributed by atoms with van der Waals surface area (Å²) in [6.45, 7) is 4.37. The molecule has 3 N–H and O–H groups in total. The Morgan fingerprint density at radius 1 is 1.56 bits per heavy atom. The van der Waals surface area contributed by atoms with E-state index in [-0.39, 0.29) is 5.84 Å². The molecule has 0 bridgehead atoms. The Labute approximate surface area is 96.0 Å². The molecule has 1 unspecified atom stereocenters. The van der Waals surface area contributed by atoms with E-state index in [9.17, 15) is 0 Å². The molecule has 0 spiro atoms. The first-order valence-electron chi connectivity index (χ1n) is 5.73. The Hall–Kier alpha value is -1.58. The molecular formula is C12H18N4. The van der Waals surface area contributed by atoms with Gasteiger partial charge in [0, 0.05) is 13.1 Å². The zero-order chi connectivity index (χ0) is 11.5. The van der Waals surface area contributed by atoms with Gasteiger partial charge in [0.05, 0.1) is 0 Å². The van der Waals surface area contributed by atoms with Gasteiger partial charge < -0.3 is 10.6 Å². The number of nitrogens with two attached hydrogens (primary N) is 1. The van der Waals surface area contributed by atoms with Crippen LogP contribution in [0, 0.1) is 11.3 Å². The quantitative estimate of drug-likeness (QED) is 0.585. The van der Waals surface area contributed by atoms with Gasteiger partial charge in [-0.3, -0.25) is 5.41 Å². The van der Waals surface area contributed by atoms with Crippen molar-refractivity contribution in [3.63, 3.8) is 0 Å². The fraction of sp³-hybridized carbons (Fsp3) is 0.500. The highest BCUT2D eigenvalue weighted by molar-refractivity contribution is 5.93. The number of amidine groups is 1. The van der Waals surface area contributed by atoms with E-state index in [0.717, 1.165) is 24.8 Å². The van der Waals surface area contributed by atoms with Crippen molar-refractivity contribution in [2.75, 3.05) is 18.0 Å². The predicted octanol–water partition coefficient (Wildman–Crippen LogP) is 1.60. The van der Waals surface area contributed by atoms with Gasteiger partial charge in [-0.2, -0.15) is 0 Å². The molecule has 1 fully saturated rings. The van der Waals surface area contributed by atoms with E-state index in [1.807, 2.05) is 12.1 Å². The van der Waals surface area contributed by atoms with E-state index < -0.39 is 0 Å². The fourth-order valence-electron chi connectivity index (χ4n) is 2.15. The summed E-state index contributed by atoms with van der Waals surface area (Å²) in [6, 6.07) is 5.68. The van der Waals surface area contributed by atoms with Gasteiger partial charge in [0.2, 0.25) is 0 Å². The van der Waals surface area contributed by atoms with Crippen molar-refractivity contribution >= 4 is 11.7 Å². The number of nitrogens with zero attached hydrogens (tertiary/aromatic N) is 2. The number of aromatic nitrogens is 1. The molecule has 1 saturated heterocycles. The molecule has 0 saturated carbocycles. The maximum absolute atomic E-state index is 7.38. The first-order valence-corrected chi connectivity index (χ1v) is 5.73. The molecule has 4 heteroatoms. The topological polar surface area (TPSA) is 66.0 Å². The van der Waals surface area contributed by atoms with Crippen LogP contribution in [0.25, 0.3) is 0 Å². The number of hydrogen-bond acceptors (Lipinski definition) is 3. The fourth-order valence-corrected chi connectivity index (χ4v) is 2.15. The van der Waals surface area contributed by atoms with Crippen molar-refractivity contribution in [3.8, 4) is 0 Å². The highest BCUT2D eigenvalue weighted by Crippen LogP contribution is 2.21. The molecule has 0 radical (unpaired) electrons. The summed E-state index contributed by atoms with van der Waals surface area (Å²) in [6.07, 6.45) is 2.51. The Balaban J connectivity index is 2.19. The van der Waals surface area contributed by atoms with E-state index in [1.165, 1.54) is 12.8 Å². The lowest BCUT2D eigenvalue weighted by atomic mass is 10.0. The summed E-state index contributed by atoms with van der Waals surface area (Å²) in [4.78, 5) is 6.69. The van der Waals surface area contributed by atoms with Crippen LogP contribution in [0.15, 0.2) is 18.2 Å². The minimum Gasteiger partial charge on any atom is -0.382 e. The summed E-state index contributed by atoms with van der Waals surface area (Å²) in [7, 11) is 0. The smallest absolute Gasteiger partial charge is 0.141 e. The van der Waals surface area contributed by atoms with Crippen LogP contribution in [0.5, 0.6) is 0 Å². The number of nitrogen functional groups attached to an aromatic ring is 1. The van der Waals surface area contributed by atoms with E-state index in [1.54, 1.807) is 6.07 Å². The standard InChI is InChI=1S/C12H18N4/c1-9-4-3-7-16(8-9)11-6-2-5-10(15-11)12(13)14/h2,5-6,9H,3-4,7-8H2,1H3,(H3,13,14). The molecule has 0 aromatic carbocycles. The third-order valence-electron chi connectivity index (χ3n) is 2.99.